The molecule has 0 aliphatic heterocycles. The van der Waals surface area contributed by atoms with Crippen molar-refractivity contribution in [1.82, 2.24) is 0 Å². The molecule has 3 aromatic carbocycles. The van der Waals surface area contributed by atoms with Crippen LogP contribution in [0.15, 0.2) is 59.5 Å². The fourth-order valence-electron chi connectivity index (χ4n) is 3.06. The zero-order valence-electron chi connectivity index (χ0n) is 15.2. The zero-order chi connectivity index (χ0) is 18.7. The van der Waals surface area contributed by atoms with Crippen molar-refractivity contribution in [3.05, 3.63) is 65.7 Å². The quantitative estimate of drug-likeness (QED) is 0.662. The third-order valence-corrected chi connectivity index (χ3v) is 5.51. The van der Waals surface area contributed by atoms with Crippen LogP contribution >= 0.6 is 0 Å². The van der Waals surface area contributed by atoms with E-state index in [0.717, 1.165) is 22.9 Å². The largest absolute Gasteiger partial charge is 0.493 e. The lowest BCUT2D eigenvalue weighted by atomic mass is 10.1. The first-order valence-corrected chi connectivity index (χ1v) is 10.1. The van der Waals surface area contributed by atoms with Crippen LogP contribution in [0.25, 0.3) is 10.8 Å². The monoisotopic (exact) mass is 369 g/mol. The Bertz CT molecular complexity index is 1020. The van der Waals surface area contributed by atoms with Crippen molar-refractivity contribution >= 4 is 26.5 Å². The Balaban J connectivity index is 2.06. The van der Waals surface area contributed by atoms with Crippen molar-refractivity contribution in [2.24, 2.45) is 0 Å². The summed E-state index contributed by atoms with van der Waals surface area (Å²) in [4.78, 5) is 0.246. The first-order chi connectivity index (χ1) is 12.4. The van der Waals surface area contributed by atoms with Crippen molar-refractivity contribution in [2.75, 3.05) is 11.3 Å². The van der Waals surface area contributed by atoms with Gasteiger partial charge < -0.3 is 4.74 Å². The molecule has 4 nitrogen and oxygen atoms in total. The number of fused-ring (bicyclic) bond motifs is 1. The Morgan fingerprint density at radius 3 is 2.23 bits per heavy atom. The topological polar surface area (TPSA) is 55.4 Å². The molecule has 0 spiro atoms. The summed E-state index contributed by atoms with van der Waals surface area (Å²) < 4.78 is 34.5. The van der Waals surface area contributed by atoms with Gasteiger partial charge in [-0.25, -0.2) is 8.42 Å². The van der Waals surface area contributed by atoms with E-state index in [2.05, 4.69) is 4.72 Å². The number of anilines is 1. The minimum Gasteiger partial charge on any atom is -0.493 e. The van der Waals surface area contributed by atoms with Crippen molar-refractivity contribution in [3.63, 3.8) is 0 Å². The third kappa shape index (κ3) is 3.83. The minimum atomic E-state index is -3.72. The number of nitrogens with one attached hydrogen (secondary N) is 1. The lowest BCUT2D eigenvalue weighted by Crippen LogP contribution is -2.14. The molecule has 0 atom stereocenters. The SMILES string of the molecule is CCCOc1ccc(S(=O)(=O)Nc2cc(C)cc(C)c2)c2ccccc12. The van der Waals surface area contributed by atoms with Crippen molar-refractivity contribution in [2.45, 2.75) is 32.1 Å². The van der Waals surface area contributed by atoms with Crippen LogP contribution in [0.1, 0.15) is 24.5 Å². The lowest BCUT2D eigenvalue weighted by Gasteiger charge is -2.14. The molecule has 0 fully saturated rings. The molecule has 0 saturated carbocycles. The molecule has 0 unspecified atom stereocenters. The smallest absolute Gasteiger partial charge is 0.262 e. The molecular formula is C21H23NO3S. The van der Waals surface area contributed by atoms with Crippen molar-refractivity contribution in [1.29, 1.82) is 0 Å². The summed E-state index contributed by atoms with van der Waals surface area (Å²) in [6, 6.07) is 16.4. The standard InChI is InChI=1S/C21H23NO3S/c1-4-11-25-20-9-10-21(19-8-6-5-7-18(19)20)26(23,24)22-17-13-15(2)12-16(3)14-17/h5-10,12-14,22H,4,11H2,1-3H3. The van der Waals surface area contributed by atoms with Gasteiger partial charge in [-0.1, -0.05) is 37.3 Å². The number of rotatable bonds is 6. The molecule has 0 aliphatic rings. The maximum absolute atomic E-state index is 13.0. The van der Waals surface area contributed by atoms with Crippen LogP contribution in [0.5, 0.6) is 5.75 Å². The normalized spacial score (nSPS) is 11.5. The van der Waals surface area contributed by atoms with Gasteiger partial charge in [0.05, 0.1) is 11.5 Å². The minimum absolute atomic E-state index is 0.246. The van der Waals surface area contributed by atoms with E-state index < -0.39 is 10.0 Å². The highest BCUT2D eigenvalue weighted by Gasteiger charge is 2.19. The van der Waals surface area contributed by atoms with E-state index in [1.54, 1.807) is 12.1 Å². The Kier molecular flexibility index (Phi) is 5.18. The number of hydrogen-bond donors (Lipinski definition) is 1. The first kappa shape index (κ1) is 18.3. The highest BCUT2D eigenvalue weighted by atomic mass is 32.2. The van der Waals surface area contributed by atoms with E-state index in [0.29, 0.717) is 23.4 Å². The van der Waals surface area contributed by atoms with E-state index in [1.165, 1.54) is 0 Å². The highest BCUT2D eigenvalue weighted by molar-refractivity contribution is 7.93. The maximum atomic E-state index is 13.0. The van der Waals surface area contributed by atoms with Gasteiger partial charge in [0.15, 0.2) is 0 Å². The zero-order valence-corrected chi connectivity index (χ0v) is 16.1. The van der Waals surface area contributed by atoms with Crippen molar-refractivity contribution < 1.29 is 13.2 Å². The number of ether oxygens (including phenoxy) is 1. The summed E-state index contributed by atoms with van der Waals surface area (Å²) in [6.07, 6.45) is 0.892. The van der Waals surface area contributed by atoms with Gasteiger partial charge in [0.1, 0.15) is 5.75 Å². The van der Waals surface area contributed by atoms with E-state index in [9.17, 15) is 8.42 Å². The number of benzene rings is 3. The second kappa shape index (κ2) is 7.38. The molecule has 1 N–H and O–H groups in total. The summed E-state index contributed by atoms with van der Waals surface area (Å²) in [5, 5.41) is 1.45. The Morgan fingerprint density at radius 2 is 1.58 bits per heavy atom. The maximum Gasteiger partial charge on any atom is 0.262 e. The average Bonchev–Trinajstić information content (AvgIpc) is 2.58. The van der Waals surface area contributed by atoms with Gasteiger partial charge >= 0.3 is 0 Å². The Labute approximate surface area is 154 Å². The van der Waals surface area contributed by atoms with E-state index in [-0.39, 0.29) is 4.90 Å². The van der Waals surface area contributed by atoms with Crippen LogP contribution in [-0.4, -0.2) is 15.0 Å². The summed E-state index contributed by atoms with van der Waals surface area (Å²) in [5.74, 6) is 0.702. The number of hydrogen-bond acceptors (Lipinski definition) is 3. The van der Waals surface area contributed by atoms with Crippen LogP contribution < -0.4 is 9.46 Å². The van der Waals surface area contributed by atoms with Gasteiger partial charge in [-0.3, -0.25) is 4.72 Å². The first-order valence-electron chi connectivity index (χ1n) is 8.66. The van der Waals surface area contributed by atoms with Gasteiger partial charge in [0.25, 0.3) is 10.0 Å². The fourth-order valence-corrected chi connectivity index (χ4v) is 4.31. The van der Waals surface area contributed by atoms with Crippen molar-refractivity contribution in [3.8, 4) is 5.75 Å². The van der Waals surface area contributed by atoms with Gasteiger partial charge in [-0.05, 0) is 55.7 Å². The van der Waals surface area contributed by atoms with E-state index in [4.69, 9.17) is 4.74 Å². The number of sulfonamides is 1. The average molecular weight is 369 g/mol. The molecule has 0 aromatic heterocycles. The molecule has 0 amide bonds. The van der Waals surface area contributed by atoms with Gasteiger partial charge in [-0.2, -0.15) is 0 Å². The van der Waals surface area contributed by atoms with E-state index >= 15 is 0 Å². The molecule has 0 aliphatic carbocycles. The molecule has 0 saturated heterocycles. The third-order valence-electron chi connectivity index (χ3n) is 4.07. The molecule has 0 bridgehead atoms. The van der Waals surface area contributed by atoms with Crippen LogP contribution in [0.3, 0.4) is 0 Å². The number of aryl methyl sites for hydroxylation is 2. The molecule has 0 heterocycles. The fraction of sp³-hybridized carbons (Fsp3) is 0.238. The molecule has 26 heavy (non-hydrogen) atoms. The summed E-state index contributed by atoms with van der Waals surface area (Å²) in [7, 11) is -3.72. The molecular weight excluding hydrogens is 346 g/mol. The van der Waals surface area contributed by atoms with Gasteiger partial charge in [0, 0.05) is 16.5 Å². The Morgan fingerprint density at radius 1 is 0.923 bits per heavy atom. The molecule has 0 radical (unpaired) electrons. The van der Waals surface area contributed by atoms with E-state index in [1.807, 2.05) is 63.2 Å². The summed E-state index contributed by atoms with van der Waals surface area (Å²) >= 11 is 0. The Hall–Kier alpha value is -2.53. The summed E-state index contributed by atoms with van der Waals surface area (Å²) in [5.41, 5.74) is 2.59. The van der Waals surface area contributed by atoms with Crippen LogP contribution in [-0.2, 0) is 10.0 Å². The molecule has 3 rings (SSSR count). The van der Waals surface area contributed by atoms with Crippen LogP contribution in [0.4, 0.5) is 5.69 Å². The second-order valence-electron chi connectivity index (χ2n) is 6.44. The summed E-state index contributed by atoms with van der Waals surface area (Å²) in [6.45, 7) is 6.52. The molecule has 5 heteroatoms. The van der Waals surface area contributed by atoms with Crippen LogP contribution in [0.2, 0.25) is 0 Å². The predicted molar refractivity (Wildman–Crippen MR) is 106 cm³/mol. The highest BCUT2D eigenvalue weighted by Crippen LogP contribution is 2.32. The lowest BCUT2D eigenvalue weighted by molar-refractivity contribution is 0.321. The predicted octanol–water partition coefficient (Wildman–Crippen LogP) is 5.05. The molecule has 3 aromatic rings. The van der Waals surface area contributed by atoms with Gasteiger partial charge in [-0.15, -0.1) is 0 Å². The second-order valence-corrected chi connectivity index (χ2v) is 8.09. The van der Waals surface area contributed by atoms with Gasteiger partial charge in [0.2, 0.25) is 0 Å². The van der Waals surface area contributed by atoms with Crippen LogP contribution in [0, 0.1) is 13.8 Å². The molecule has 136 valence electrons.